The number of hydrogen-bond donors (Lipinski definition) is 3. The Morgan fingerprint density at radius 3 is 1.94 bits per heavy atom. The number of nitrogens with zero attached hydrogens (tertiary/aromatic N) is 1. The molecule has 0 unspecified atom stereocenters. The number of aliphatic carboxylic acids is 2. The number of carbonyl (C=O) groups is 2. The summed E-state index contributed by atoms with van der Waals surface area (Å²) >= 11 is 0. The lowest BCUT2D eigenvalue weighted by molar-refractivity contribution is -0.143. The van der Waals surface area contributed by atoms with Crippen LogP contribution in [0, 0.1) is 0 Å². The van der Waals surface area contributed by atoms with E-state index in [2.05, 4.69) is 5.32 Å². The zero-order valence-corrected chi connectivity index (χ0v) is 10.1. The number of nitrogens with one attached hydrogen (secondary N) is 1. The molecule has 0 aromatic carbocycles. The van der Waals surface area contributed by atoms with Gasteiger partial charge in [-0.2, -0.15) is 0 Å². The van der Waals surface area contributed by atoms with Crippen LogP contribution in [-0.2, 0) is 9.59 Å². The Kier molecular flexibility index (Phi) is 5.37. The molecule has 0 spiro atoms. The minimum Gasteiger partial charge on any atom is -0.480 e. The fraction of sp³-hybridized carbons (Fsp3) is 0.818. The van der Waals surface area contributed by atoms with Crippen LogP contribution in [0.5, 0.6) is 0 Å². The van der Waals surface area contributed by atoms with E-state index in [0.29, 0.717) is 6.04 Å². The summed E-state index contributed by atoms with van der Waals surface area (Å²) in [5.74, 6) is -1.94. The van der Waals surface area contributed by atoms with Crippen molar-refractivity contribution in [1.82, 2.24) is 10.2 Å². The number of carboxylic acid groups (broad SMARTS) is 2. The summed E-state index contributed by atoms with van der Waals surface area (Å²) in [7, 11) is 1.91. The van der Waals surface area contributed by atoms with E-state index in [4.69, 9.17) is 10.2 Å². The second-order valence-corrected chi connectivity index (χ2v) is 4.49. The van der Waals surface area contributed by atoms with Crippen molar-refractivity contribution in [2.24, 2.45) is 0 Å². The molecular formula is C11H20N2O4. The van der Waals surface area contributed by atoms with Crippen LogP contribution in [-0.4, -0.2) is 59.3 Å². The molecular weight excluding hydrogens is 224 g/mol. The maximum atomic E-state index is 10.7. The number of carboxylic acids is 2. The van der Waals surface area contributed by atoms with Gasteiger partial charge in [0.25, 0.3) is 0 Å². The normalized spacial score (nSPS) is 24.8. The highest BCUT2D eigenvalue weighted by Crippen LogP contribution is 2.22. The fourth-order valence-electron chi connectivity index (χ4n) is 2.39. The third kappa shape index (κ3) is 4.70. The van der Waals surface area contributed by atoms with Crippen LogP contribution in [0.3, 0.4) is 0 Å². The van der Waals surface area contributed by atoms with Crippen LogP contribution in [0.2, 0.25) is 0 Å². The van der Waals surface area contributed by atoms with Gasteiger partial charge in [0.05, 0.1) is 13.1 Å². The van der Waals surface area contributed by atoms with Gasteiger partial charge in [-0.05, 0) is 32.7 Å². The van der Waals surface area contributed by atoms with Crippen molar-refractivity contribution < 1.29 is 19.8 Å². The second kappa shape index (κ2) is 6.56. The minimum absolute atomic E-state index is 0.0757. The third-order valence-electron chi connectivity index (χ3n) is 3.30. The lowest BCUT2D eigenvalue weighted by atomic mass is 9.90. The molecule has 0 radical (unpaired) electrons. The Morgan fingerprint density at radius 1 is 1.12 bits per heavy atom. The van der Waals surface area contributed by atoms with E-state index in [9.17, 15) is 9.59 Å². The van der Waals surface area contributed by atoms with Crippen molar-refractivity contribution >= 4 is 11.9 Å². The monoisotopic (exact) mass is 244 g/mol. The topological polar surface area (TPSA) is 89.9 Å². The van der Waals surface area contributed by atoms with E-state index in [-0.39, 0.29) is 19.1 Å². The fourth-order valence-corrected chi connectivity index (χ4v) is 2.39. The van der Waals surface area contributed by atoms with Crippen molar-refractivity contribution in [2.45, 2.75) is 37.8 Å². The van der Waals surface area contributed by atoms with Crippen molar-refractivity contribution in [3.8, 4) is 0 Å². The van der Waals surface area contributed by atoms with Gasteiger partial charge >= 0.3 is 11.9 Å². The molecule has 1 fully saturated rings. The molecule has 0 amide bonds. The van der Waals surface area contributed by atoms with E-state index in [1.54, 1.807) is 4.90 Å². The smallest absolute Gasteiger partial charge is 0.317 e. The average molecular weight is 244 g/mol. The van der Waals surface area contributed by atoms with Crippen LogP contribution in [0.1, 0.15) is 25.7 Å². The summed E-state index contributed by atoms with van der Waals surface area (Å²) in [6.07, 6.45) is 3.64. The highest BCUT2D eigenvalue weighted by atomic mass is 16.4. The van der Waals surface area contributed by atoms with Gasteiger partial charge in [-0.15, -0.1) is 0 Å². The molecule has 0 aliphatic heterocycles. The number of rotatable bonds is 6. The molecule has 0 atom stereocenters. The molecule has 1 aliphatic rings. The number of hydrogen-bond acceptors (Lipinski definition) is 4. The molecule has 3 N–H and O–H groups in total. The molecule has 98 valence electrons. The average Bonchev–Trinajstić information content (AvgIpc) is 2.27. The molecule has 0 heterocycles. The molecule has 17 heavy (non-hydrogen) atoms. The van der Waals surface area contributed by atoms with Crippen LogP contribution < -0.4 is 5.32 Å². The lowest BCUT2D eigenvalue weighted by Crippen LogP contribution is -2.45. The summed E-state index contributed by atoms with van der Waals surface area (Å²) in [5, 5.41) is 20.8. The maximum absolute atomic E-state index is 10.7. The Balaban J connectivity index is 2.52. The summed E-state index contributed by atoms with van der Waals surface area (Å²) in [6.45, 7) is -0.387. The van der Waals surface area contributed by atoms with Gasteiger partial charge in [-0.3, -0.25) is 14.5 Å². The Bertz CT molecular complexity index is 259. The van der Waals surface area contributed by atoms with Gasteiger partial charge in [0.15, 0.2) is 0 Å². The zero-order valence-electron chi connectivity index (χ0n) is 10.1. The molecule has 0 bridgehead atoms. The zero-order chi connectivity index (χ0) is 12.8. The van der Waals surface area contributed by atoms with Crippen molar-refractivity contribution in [2.75, 3.05) is 20.1 Å². The van der Waals surface area contributed by atoms with Crippen LogP contribution >= 0.6 is 0 Å². The van der Waals surface area contributed by atoms with Crippen LogP contribution in [0.15, 0.2) is 0 Å². The van der Waals surface area contributed by atoms with E-state index in [0.717, 1.165) is 25.7 Å². The summed E-state index contributed by atoms with van der Waals surface area (Å²) in [5.41, 5.74) is 0. The van der Waals surface area contributed by atoms with E-state index in [1.807, 2.05) is 7.05 Å². The molecule has 6 heteroatoms. The van der Waals surface area contributed by atoms with Gasteiger partial charge in [0.1, 0.15) is 0 Å². The first-order chi connectivity index (χ1) is 8.02. The van der Waals surface area contributed by atoms with Gasteiger partial charge in [0, 0.05) is 12.1 Å². The summed E-state index contributed by atoms with van der Waals surface area (Å²) in [6, 6.07) is 0.551. The maximum Gasteiger partial charge on any atom is 0.317 e. The Hall–Kier alpha value is -1.14. The van der Waals surface area contributed by atoms with Crippen molar-refractivity contribution in [3.63, 3.8) is 0 Å². The van der Waals surface area contributed by atoms with Crippen molar-refractivity contribution in [3.05, 3.63) is 0 Å². The van der Waals surface area contributed by atoms with Crippen LogP contribution in [0.25, 0.3) is 0 Å². The molecule has 1 rings (SSSR count). The highest BCUT2D eigenvalue weighted by molar-refractivity contribution is 5.72. The molecule has 1 aliphatic carbocycles. The largest absolute Gasteiger partial charge is 0.480 e. The first-order valence-electron chi connectivity index (χ1n) is 5.87. The quantitative estimate of drug-likeness (QED) is 0.609. The van der Waals surface area contributed by atoms with E-state index in [1.165, 1.54) is 0 Å². The molecule has 0 aromatic rings. The molecule has 0 aromatic heterocycles. The van der Waals surface area contributed by atoms with E-state index >= 15 is 0 Å². The molecule has 6 nitrogen and oxygen atoms in total. The highest BCUT2D eigenvalue weighted by Gasteiger charge is 2.27. The Labute approximate surface area is 101 Å². The SMILES string of the molecule is CNC1CCC(N(CC(=O)O)CC(=O)O)CC1. The summed E-state index contributed by atoms with van der Waals surface area (Å²) in [4.78, 5) is 23.0. The first kappa shape index (κ1) is 13.9. The summed E-state index contributed by atoms with van der Waals surface area (Å²) < 4.78 is 0. The first-order valence-corrected chi connectivity index (χ1v) is 5.87. The van der Waals surface area contributed by atoms with Gasteiger partial charge in [-0.25, -0.2) is 0 Å². The second-order valence-electron chi connectivity index (χ2n) is 4.49. The Morgan fingerprint density at radius 2 is 1.59 bits per heavy atom. The van der Waals surface area contributed by atoms with Crippen molar-refractivity contribution in [1.29, 1.82) is 0 Å². The third-order valence-corrected chi connectivity index (χ3v) is 3.30. The standard InChI is InChI=1S/C11H20N2O4/c1-12-8-2-4-9(5-3-8)13(6-10(14)15)7-11(16)17/h8-9,12H,2-7H2,1H3,(H,14,15)(H,16,17). The minimum atomic E-state index is -0.970. The molecule has 1 saturated carbocycles. The predicted molar refractivity (Wildman–Crippen MR) is 61.9 cm³/mol. The van der Waals surface area contributed by atoms with Gasteiger partial charge in [0.2, 0.25) is 0 Å². The lowest BCUT2D eigenvalue weighted by Gasteiger charge is -2.35. The van der Waals surface area contributed by atoms with E-state index < -0.39 is 11.9 Å². The van der Waals surface area contributed by atoms with Gasteiger partial charge < -0.3 is 15.5 Å². The van der Waals surface area contributed by atoms with Crippen LogP contribution in [0.4, 0.5) is 0 Å². The predicted octanol–water partition coefficient (Wildman–Crippen LogP) is -0.0118. The van der Waals surface area contributed by atoms with Gasteiger partial charge in [-0.1, -0.05) is 0 Å². The molecule has 0 saturated heterocycles.